The molecule has 0 saturated carbocycles. The predicted octanol–water partition coefficient (Wildman–Crippen LogP) is 1.49. The van der Waals surface area contributed by atoms with Crippen LogP contribution in [0.3, 0.4) is 0 Å². The topological polar surface area (TPSA) is 55.4 Å². The zero-order valence-corrected chi connectivity index (χ0v) is 8.19. The molecule has 15 heavy (non-hydrogen) atoms. The predicted molar refractivity (Wildman–Crippen MR) is 55.7 cm³/mol. The quantitative estimate of drug-likeness (QED) is 0.759. The van der Waals surface area contributed by atoms with E-state index in [0.29, 0.717) is 0 Å². The van der Waals surface area contributed by atoms with Gasteiger partial charge in [-0.15, -0.1) is 0 Å². The molecule has 77 valence electrons. The minimum atomic E-state index is -0.694. The Kier molecular flexibility index (Phi) is 4.09. The van der Waals surface area contributed by atoms with Crippen LogP contribution in [0.5, 0.6) is 0 Å². The molecule has 0 unspecified atom stereocenters. The van der Waals surface area contributed by atoms with Gasteiger partial charge in [-0.2, -0.15) is 0 Å². The van der Waals surface area contributed by atoms with Crippen molar-refractivity contribution >= 4 is 18.5 Å². The molecule has 1 rings (SSSR count). The minimum absolute atomic E-state index is 0.0352. The Balaban J connectivity index is 2.79. The highest BCUT2D eigenvalue weighted by Crippen LogP contribution is 2.03. The van der Waals surface area contributed by atoms with E-state index < -0.39 is 6.09 Å². The zero-order valence-electron chi connectivity index (χ0n) is 8.19. The molecule has 0 fully saturated rings. The van der Waals surface area contributed by atoms with Gasteiger partial charge in [0.25, 0.3) is 6.29 Å². The number of methoxy groups -OCH3 is 1. The fraction of sp³-hybridized carbons (Fsp3) is 0.0909. The first kappa shape index (κ1) is 11.0. The molecule has 0 atom stereocenters. The number of hydrogen-bond acceptors (Lipinski definition) is 3. The van der Waals surface area contributed by atoms with Crippen LogP contribution in [0.1, 0.15) is 5.56 Å². The number of hydrogen-bond donors (Lipinski definition) is 1. The van der Waals surface area contributed by atoms with Crippen molar-refractivity contribution in [2.24, 2.45) is 0 Å². The third kappa shape index (κ3) is 3.64. The minimum Gasteiger partial charge on any atom is -0.453 e. The molecule has 1 radical (unpaired) electrons. The molecule has 0 heterocycles. The van der Waals surface area contributed by atoms with Gasteiger partial charge >= 0.3 is 6.09 Å². The van der Waals surface area contributed by atoms with E-state index in [4.69, 9.17) is 0 Å². The van der Waals surface area contributed by atoms with Gasteiger partial charge in [0.05, 0.1) is 12.8 Å². The summed E-state index contributed by atoms with van der Waals surface area (Å²) in [5.74, 6) is 0. The summed E-state index contributed by atoms with van der Waals surface area (Å²) in [5.41, 5.74) is 0.834. The molecule has 0 aliphatic carbocycles. The van der Waals surface area contributed by atoms with Gasteiger partial charge in [0.2, 0.25) is 0 Å². The highest BCUT2D eigenvalue weighted by atomic mass is 16.5. The van der Waals surface area contributed by atoms with E-state index in [1.54, 1.807) is 18.4 Å². The second-order valence-electron chi connectivity index (χ2n) is 2.69. The van der Waals surface area contributed by atoms with Gasteiger partial charge in [0.1, 0.15) is 0 Å². The summed E-state index contributed by atoms with van der Waals surface area (Å²) in [4.78, 5) is 21.3. The van der Waals surface area contributed by atoms with E-state index in [1.807, 2.05) is 18.2 Å². The normalized spacial score (nSPS) is 10.6. The van der Waals surface area contributed by atoms with Crippen molar-refractivity contribution in [3.63, 3.8) is 0 Å². The molecule has 1 aromatic carbocycles. The summed E-state index contributed by atoms with van der Waals surface area (Å²) in [6, 6.07) is 9.11. The second-order valence-corrected chi connectivity index (χ2v) is 2.69. The van der Waals surface area contributed by atoms with Crippen LogP contribution in [0.25, 0.3) is 6.08 Å². The van der Waals surface area contributed by atoms with Crippen molar-refractivity contribution in [3.8, 4) is 0 Å². The first-order chi connectivity index (χ1) is 7.26. The number of rotatable bonds is 3. The summed E-state index contributed by atoms with van der Waals surface area (Å²) < 4.78 is 4.35. The molecule has 0 bridgehead atoms. The lowest BCUT2D eigenvalue weighted by molar-refractivity contribution is 0.174. The molecular weight excluding hydrogens is 194 g/mol. The van der Waals surface area contributed by atoms with Crippen LogP contribution in [0.2, 0.25) is 0 Å². The second kappa shape index (κ2) is 5.59. The lowest BCUT2D eigenvalue weighted by atomic mass is 10.2. The van der Waals surface area contributed by atoms with Crippen LogP contribution < -0.4 is 5.32 Å². The Morgan fingerprint density at radius 1 is 1.40 bits per heavy atom. The molecule has 0 aliphatic heterocycles. The average Bonchev–Trinajstić information content (AvgIpc) is 2.29. The van der Waals surface area contributed by atoms with Crippen molar-refractivity contribution in [1.82, 2.24) is 5.32 Å². The summed E-state index contributed by atoms with van der Waals surface area (Å²) in [6.45, 7) is 0. The Bertz CT molecular complexity index is 371. The van der Waals surface area contributed by atoms with Gasteiger partial charge in [-0.3, -0.25) is 10.1 Å². The highest BCUT2D eigenvalue weighted by molar-refractivity contribution is 5.87. The molecule has 1 N–H and O–H groups in total. The molecule has 4 heteroatoms. The third-order valence-corrected chi connectivity index (χ3v) is 1.64. The van der Waals surface area contributed by atoms with Crippen molar-refractivity contribution in [1.29, 1.82) is 0 Å². The number of alkyl carbamates (subject to hydrolysis) is 1. The van der Waals surface area contributed by atoms with E-state index in [1.165, 1.54) is 13.2 Å². The summed E-state index contributed by atoms with van der Waals surface area (Å²) in [7, 11) is 1.22. The molecule has 1 amide bonds. The summed E-state index contributed by atoms with van der Waals surface area (Å²) in [5, 5.41) is 2.24. The number of carbonyl (C=O) groups excluding carboxylic acids is 2. The summed E-state index contributed by atoms with van der Waals surface area (Å²) in [6.07, 6.45) is 2.42. The van der Waals surface area contributed by atoms with Crippen LogP contribution in [-0.4, -0.2) is 19.5 Å². The van der Waals surface area contributed by atoms with Crippen molar-refractivity contribution in [2.45, 2.75) is 0 Å². The van der Waals surface area contributed by atoms with Crippen molar-refractivity contribution in [2.75, 3.05) is 7.11 Å². The Morgan fingerprint density at radius 3 is 2.60 bits per heavy atom. The molecule has 0 aromatic heterocycles. The lowest BCUT2D eigenvalue weighted by Gasteiger charge is -2.01. The van der Waals surface area contributed by atoms with Gasteiger partial charge in [-0.05, 0) is 11.6 Å². The number of carbonyl (C=O) groups is 1. The van der Waals surface area contributed by atoms with Gasteiger partial charge < -0.3 is 4.74 Å². The zero-order chi connectivity index (χ0) is 11.1. The third-order valence-electron chi connectivity index (χ3n) is 1.64. The van der Waals surface area contributed by atoms with Gasteiger partial charge in [0, 0.05) is 0 Å². The molecule has 4 nitrogen and oxygen atoms in total. The maximum atomic E-state index is 10.8. The number of allylic oxidation sites excluding steroid dienone is 1. The monoisotopic (exact) mass is 204 g/mol. The molecule has 0 spiro atoms. The Morgan fingerprint density at radius 2 is 2.07 bits per heavy atom. The Labute approximate surface area is 87.6 Å². The fourth-order valence-electron chi connectivity index (χ4n) is 0.968. The van der Waals surface area contributed by atoms with Crippen LogP contribution in [-0.2, 0) is 9.53 Å². The smallest absolute Gasteiger partial charge is 0.411 e. The van der Waals surface area contributed by atoms with E-state index in [2.05, 4.69) is 10.1 Å². The van der Waals surface area contributed by atoms with Crippen LogP contribution >= 0.6 is 0 Å². The van der Waals surface area contributed by atoms with Crippen molar-refractivity contribution in [3.05, 3.63) is 41.6 Å². The van der Waals surface area contributed by atoms with E-state index in [-0.39, 0.29) is 5.70 Å². The first-order valence-corrected chi connectivity index (χ1v) is 4.26. The largest absolute Gasteiger partial charge is 0.453 e. The maximum Gasteiger partial charge on any atom is 0.411 e. The molecule has 0 aliphatic rings. The molecular formula is C11H10NO3. The molecule has 1 aromatic rings. The first-order valence-electron chi connectivity index (χ1n) is 4.26. The van der Waals surface area contributed by atoms with Gasteiger partial charge in [0.15, 0.2) is 0 Å². The number of amides is 1. The standard InChI is InChI=1S/C11H10NO3/c1-15-11(14)12-10(8-13)7-9-5-3-2-4-6-9/h2-7H,1H3,(H,12,14). The van der Waals surface area contributed by atoms with Crippen LogP contribution in [0.4, 0.5) is 4.79 Å². The lowest BCUT2D eigenvalue weighted by Crippen LogP contribution is -2.22. The van der Waals surface area contributed by atoms with E-state index in [9.17, 15) is 9.59 Å². The fourth-order valence-corrected chi connectivity index (χ4v) is 0.968. The number of benzene rings is 1. The van der Waals surface area contributed by atoms with Crippen molar-refractivity contribution < 1.29 is 14.3 Å². The number of ether oxygens (including phenoxy) is 1. The van der Waals surface area contributed by atoms with E-state index >= 15 is 0 Å². The van der Waals surface area contributed by atoms with Gasteiger partial charge in [-0.25, -0.2) is 4.79 Å². The average molecular weight is 204 g/mol. The van der Waals surface area contributed by atoms with Crippen LogP contribution in [0, 0.1) is 0 Å². The van der Waals surface area contributed by atoms with Gasteiger partial charge in [-0.1, -0.05) is 30.3 Å². The number of nitrogens with one attached hydrogen (secondary N) is 1. The summed E-state index contributed by atoms with van der Waals surface area (Å²) >= 11 is 0. The van der Waals surface area contributed by atoms with Crippen LogP contribution in [0.15, 0.2) is 36.0 Å². The van der Waals surface area contributed by atoms with E-state index in [0.717, 1.165) is 5.56 Å². The molecule has 0 saturated heterocycles. The maximum absolute atomic E-state index is 10.8. The Hall–Kier alpha value is -2.10. The highest BCUT2D eigenvalue weighted by Gasteiger charge is 2.02. The SMILES string of the molecule is COC(=O)NC([C]=O)=Cc1ccccc1.